The van der Waals surface area contributed by atoms with E-state index in [0.29, 0.717) is 22.8 Å². The van der Waals surface area contributed by atoms with E-state index < -0.39 is 0 Å². The third-order valence-electron chi connectivity index (χ3n) is 4.60. The second kappa shape index (κ2) is 5.63. The number of H-pyrrole nitrogens is 1. The molecule has 1 amide bonds. The zero-order chi connectivity index (χ0) is 16.7. The Morgan fingerprint density at radius 2 is 2.12 bits per heavy atom. The fourth-order valence-corrected chi connectivity index (χ4v) is 3.09. The molecule has 122 valence electrons. The van der Waals surface area contributed by atoms with Crippen LogP contribution in [0.2, 0.25) is 0 Å². The Balaban J connectivity index is 1.68. The molecule has 1 unspecified atom stereocenters. The summed E-state index contributed by atoms with van der Waals surface area (Å²) < 4.78 is 1.85. The summed E-state index contributed by atoms with van der Waals surface area (Å²) in [5.74, 6) is 0.978. The van der Waals surface area contributed by atoms with E-state index in [4.69, 9.17) is 0 Å². The third kappa shape index (κ3) is 2.60. The van der Waals surface area contributed by atoms with Crippen molar-refractivity contribution in [2.24, 2.45) is 5.92 Å². The first kappa shape index (κ1) is 14.7. The summed E-state index contributed by atoms with van der Waals surface area (Å²) >= 11 is 0. The Hall–Kier alpha value is -2.89. The number of hydrogen-bond donors (Lipinski definition) is 2. The number of fused-ring (bicyclic) bond motifs is 1. The first-order valence-electron chi connectivity index (χ1n) is 8.10. The quantitative estimate of drug-likeness (QED) is 0.775. The Bertz CT molecular complexity index is 968. The van der Waals surface area contributed by atoms with Crippen molar-refractivity contribution in [2.75, 3.05) is 5.32 Å². The van der Waals surface area contributed by atoms with Crippen LogP contribution in [0.3, 0.4) is 0 Å². The van der Waals surface area contributed by atoms with Crippen molar-refractivity contribution in [3.8, 4) is 0 Å². The standard InChI is InChI=1S/C18H18N4O2/c1-11(12-6-7-12)22-16(8-9-19-22)21-18(24)14-10-17(23)20-15-5-3-2-4-13(14)15/h2-5,8-12H,6-7H2,1H3,(H,20,23)(H,21,24). The van der Waals surface area contributed by atoms with Crippen LogP contribution in [-0.2, 0) is 0 Å². The van der Waals surface area contributed by atoms with Crippen molar-refractivity contribution < 1.29 is 4.79 Å². The van der Waals surface area contributed by atoms with Gasteiger partial charge in [-0.15, -0.1) is 0 Å². The molecule has 1 fully saturated rings. The number of carbonyl (C=O) groups excluding carboxylic acids is 1. The molecule has 1 aromatic carbocycles. The van der Waals surface area contributed by atoms with Gasteiger partial charge in [-0.2, -0.15) is 5.10 Å². The van der Waals surface area contributed by atoms with Crippen LogP contribution < -0.4 is 10.9 Å². The molecule has 2 aromatic heterocycles. The van der Waals surface area contributed by atoms with Crippen LogP contribution in [0.25, 0.3) is 10.9 Å². The van der Waals surface area contributed by atoms with Gasteiger partial charge in [-0.1, -0.05) is 18.2 Å². The minimum Gasteiger partial charge on any atom is -0.322 e. The lowest BCUT2D eigenvalue weighted by atomic mass is 10.1. The van der Waals surface area contributed by atoms with Gasteiger partial charge in [-0.05, 0) is 31.7 Å². The SMILES string of the molecule is CC(C1CC1)n1nccc1NC(=O)c1cc(=O)[nH]c2ccccc12. The largest absolute Gasteiger partial charge is 0.322 e. The number of aromatic nitrogens is 3. The van der Waals surface area contributed by atoms with E-state index in [2.05, 4.69) is 22.3 Å². The molecule has 0 bridgehead atoms. The fraction of sp³-hybridized carbons (Fsp3) is 0.278. The zero-order valence-electron chi connectivity index (χ0n) is 13.3. The van der Waals surface area contributed by atoms with Crippen LogP contribution in [0.5, 0.6) is 0 Å². The summed E-state index contributed by atoms with van der Waals surface area (Å²) in [4.78, 5) is 27.3. The highest BCUT2D eigenvalue weighted by Crippen LogP contribution is 2.40. The van der Waals surface area contributed by atoms with Gasteiger partial charge < -0.3 is 10.3 Å². The van der Waals surface area contributed by atoms with E-state index >= 15 is 0 Å². The number of aromatic amines is 1. The van der Waals surface area contributed by atoms with Crippen LogP contribution >= 0.6 is 0 Å². The first-order chi connectivity index (χ1) is 11.6. The normalized spacial score (nSPS) is 15.4. The molecule has 6 nitrogen and oxygen atoms in total. The Morgan fingerprint density at radius 1 is 1.33 bits per heavy atom. The second-order valence-electron chi connectivity index (χ2n) is 6.29. The fourth-order valence-electron chi connectivity index (χ4n) is 3.09. The van der Waals surface area contributed by atoms with E-state index in [1.165, 1.54) is 18.9 Å². The van der Waals surface area contributed by atoms with Gasteiger partial charge in [0.1, 0.15) is 5.82 Å². The third-order valence-corrected chi connectivity index (χ3v) is 4.60. The van der Waals surface area contributed by atoms with Crippen LogP contribution in [0, 0.1) is 5.92 Å². The van der Waals surface area contributed by atoms with Crippen molar-refractivity contribution in [1.82, 2.24) is 14.8 Å². The van der Waals surface area contributed by atoms with Gasteiger partial charge >= 0.3 is 0 Å². The molecule has 1 atom stereocenters. The lowest BCUT2D eigenvalue weighted by Gasteiger charge is -2.15. The monoisotopic (exact) mass is 322 g/mol. The Morgan fingerprint density at radius 3 is 2.92 bits per heavy atom. The highest BCUT2D eigenvalue weighted by atomic mass is 16.2. The van der Waals surface area contributed by atoms with Gasteiger partial charge in [0.2, 0.25) is 5.56 Å². The summed E-state index contributed by atoms with van der Waals surface area (Å²) in [6.45, 7) is 2.11. The number of anilines is 1. The number of nitrogens with zero attached hydrogens (tertiary/aromatic N) is 2. The molecule has 4 rings (SSSR count). The van der Waals surface area contributed by atoms with Crippen molar-refractivity contribution in [2.45, 2.75) is 25.8 Å². The lowest BCUT2D eigenvalue weighted by Crippen LogP contribution is -2.20. The zero-order valence-corrected chi connectivity index (χ0v) is 13.3. The van der Waals surface area contributed by atoms with Crippen molar-refractivity contribution >= 4 is 22.6 Å². The lowest BCUT2D eigenvalue weighted by molar-refractivity contribution is 0.102. The maximum atomic E-state index is 12.7. The predicted octanol–water partition coefficient (Wildman–Crippen LogP) is 2.95. The molecule has 0 radical (unpaired) electrons. The molecule has 3 aromatic rings. The maximum Gasteiger partial charge on any atom is 0.257 e. The van der Waals surface area contributed by atoms with Crippen molar-refractivity contribution in [1.29, 1.82) is 0 Å². The van der Waals surface area contributed by atoms with Crippen molar-refractivity contribution in [3.05, 3.63) is 58.5 Å². The van der Waals surface area contributed by atoms with Crippen LogP contribution in [-0.4, -0.2) is 20.7 Å². The highest BCUT2D eigenvalue weighted by molar-refractivity contribution is 6.11. The molecule has 1 aliphatic rings. The predicted molar refractivity (Wildman–Crippen MR) is 92.2 cm³/mol. The van der Waals surface area contributed by atoms with Crippen LogP contribution in [0.4, 0.5) is 5.82 Å². The van der Waals surface area contributed by atoms with Gasteiger partial charge in [-0.3, -0.25) is 9.59 Å². The summed E-state index contributed by atoms with van der Waals surface area (Å²) in [6.07, 6.45) is 4.09. The summed E-state index contributed by atoms with van der Waals surface area (Å²) in [7, 11) is 0. The molecule has 6 heteroatoms. The van der Waals surface area contributed by atoms with E-state index in [-0.39, 0.29) is 17.5 Å². The number of benzene rings is 1. The van der Waals surface area contributed by atoms with Crippen LogP contribution in [0.15, 0.2) is 47.4 Å². The van der Waals surface area contributed by atoms with Gasteiger partial charge in [0, 0.05) is 23.0 Å². The molecule has 0 saturated heterocycles. The topological polar surface area (TPSA) is 79.8 Å². The molecule has 2 heterocycles. The minimum absolute atomic E-state index is 0.256. The molecule has 0 spiro atoms. The summed E-state index contributed by atoms with van der Waals surface area (Å²) in [5.41, 5.74) is 0.717. The molecule has 2 N–H and O–H groups in total. The second-order valence-corrected chi connectivity index (χ2v) is 6.29. The number of rotatable bonds is 4. The van der Waals surface area contributed by atoms with E-state index in [1.54, 1.807) is 18.3 Å². The van der Waals surface area contributed by atoms with Gasteiger partial charge in [0.25, 0.3) is 5.91 Å². The first-order valence-corrected chi connectivity index (χ1v) is 8.10. The molecular weight excluding hydrogens is 304 g/mol. The number of hydrogen-bond acceptors (Lipinski definition) is 3. The average molecular weight is 322 g/mol. The molecule has 1 saturated carbocycles. The molecular formula is C18H18N4O2. The summed E-state index contributed by atoms with van der Waals surface area (Å²) in [5, 5.41) is 7.95. The van der Waals surface area contributed by atoms with E-state index in [9.17, 15) is 9.59 Å². The average Bonchev–Trinajstić information content (AvgIpc) is 3.33. The van der Waals surface area contributed by atoms with E-state index in [1.807, 2.05) is 22.9 Å². The van der Waals surface area contributed by atoms with Gasteiger partial charge in [0.05, 0.1) is 17.8 Å². The van der Waals surface area contributed by atoms with E-state index in [0.717, 1.165) is 5.39 Å². The van der Waals surface area contributed by atoms with Crippen molar-refractivity contribution in [3.63, 3.8) is 0 Å². The Labute approximate surface area is 138 Å². The number of pyridine rings is 1. The molecule has 24 heavy (non-hydrogen) atoms. The number of amides is 1. The van der Waals surface area contributed by atoms with Crippen LogP contribution in [0.1, 0.15) is 36.2 Å². The number of nitrogens with one attached hydrogen (secondary N) is 2. The Kier molecular flexibility index (Phi) is 3.45. The summed E-state index contributed by atoms with van der Waals surface area (Å²) in [6, 6.07) is 10.7. The van der Waals surface area contributed by atoms with Gasteiger partial charge in [0.15, 0.2) is 0 Å². The highest BCUT2D eigenvalue weighted by Gasteiger charge is 2.30. The minimum atomic E-state index is -0.304. The smallest absolute Gasteiger partial charge is 0.257 e. The molecule has 0 aliphatic heterocycles. The van der Waals surface area contributed by atoms with Gasteiger partial charge in [-0.25, -0.2) is 4.68 Å². The number of carbonyl (C=O) groups is 1. The maximum absolute atomic E-state index is 12.7. The number of para-hydroxylation sites is 1. The molecule has 1 aliphatic carbocycles.